The highest BCUT2D eigenvalue weighted by atomic mass is 79.9. The molecule has 15 heavy (non-hydrogen) atoms. The van der Waals surface area contributed by atoms with Gasteiger partial charge in [-0.25, -0.2) is 4.39 Å². The summed E-state index contributed by atoms with van der Waals surface area (Å²) in [5.74, 6) is -0.382. The average Bonchev–Trinajstić information content (AvgIpc) is 2.19. The molecule has 1 aliphatic rings. The largest absolute Gasteiger partial charge is 0.508 e. The van der Waals surface area contributed by atoms with Crippen LogP contribution in [0.5, 0.6) is 5.75 Å². The zero-order valence-corrected chi connectivity index (χ0v) is 9.49. The fourth-order valence-corrected chi connectivity index (χ4v) is 2.20. The van der Waals surface area contributed by atoms with Gasteiger partial charge in [-0.15, -0.1) is 0 Å². The van der Waals surface area contributed by atoms with Gasteiger partial charge in [0.25, 0.3) is 0 Å². The minimum atomic E-state index is -1.62. The molecule has 2 atom stereocenters. The maximum atomic E-state index is 14.1. The number of hydrogen-bond donors (Lipinski definition) is 1. The zero-order chi connectivity index (χ0) is 10.9. The number of halogens is 2. The van der Waals surface area contributed by atoms with Gasteiger partial charge in [0.1, 0.15) is 5.75 Å². The maximum Gasteiger partial charge on any atom is 0.193 e. The molecule has 0 aliphatic heterocycles. The molecule has 0 fully saturated rings. The standard InChI is InChI=1S/C12H10BrFO/c13-12(14)8-4-3-6-10(12)9-5-1-2-7-11(9)15/h1-8,10,15H. The Morgan fingerprint density at radius 1 is 1.27 bits per heavy atom. The SMILES string of the molecule is Oc1ccccc1C1C=CC=CC1(F)Br. The van der Waals surface area contributed by atoms with Crippen LogP contribution in [0.2, 0.25) is 0 Å². The molecule has 1 nitrogen and oxygen atoms in total. The van der Waals surface area contributed by atoms with Gasteiger partial charge in [-0.3, -0.25) is 0 Å². The topological polar surface area (TPSA) is 20.2 Å². The second kappa shape index (κ2) is 3.81. The fraction of sp³-hybridized carbons (Fsp3) is 0.167. The van der Waals surface area contributed by atoms with Crippen molar-refractivity contribution in [3.63, 3.8) is 0 Å². The van der Waals surface area contributed by atoms with E-state index in [1.165, 1.54) is 6.08 Å². The van der Waals surface area contributed by atoms with Gasteiger partial charge >= 0.3 is 0 Å². The summed E-state index contributed by atoms with van der Waals surface area (Å²) in [5.41, 5.74) is 0.581. The van der Waals surface area contributed by atoms with Gasteiger partial charge in [0.2, 0.25) is 0 Å². The molecule has 3 heteroatoms. The van der Waals surface area contributed by atoms with E-state index in [4.69, 9.17) is 0 Å². The van der Waals surface area contributed by atoms with Crippen molar-refractivity contribution in [2.24, 2.45) is 0 Å². The minimum Gasteiger partial charge on any atom is -0.508 e. The molecule has 1 aromatic rings. The normalized spacial score (nSPS) is 29.3. The van der Waals surface area contributed by atoms with E-state index < -0.39 is 10.5 Å². The zero-order valence-electron chi connectivity index (χ0n) is 7.90. The first-order valence-corrected chi connectivity index (χ1v) is 5.42. The van der Waals surface area contributed by atoms with Crippen molar-refractivity contribution >= 4 is 15.9 Å². The number of allylic oxidation sites excluding steroid dienone is 4. The van der Waals surface area contributed by atoms with Crippen LogP contribution in [0.4, 0.5) is 4.39 Å². The number of phenolic OH excluding ortho intramolecular Hbond substituents is 1. The average molecular weight is 269 g/mol. The van der Waals surface area contributed by atoms with E-state index in [9.17, 15) is 9.50 Å². The van der Waals surface area contributed by atoms with Gasteiger partial charge in [-0.1, -0.05) is 36.4 Å². The van der Waals surface area contributed by atoms with E-state index in [1.54, 1.807) is 42.5 Å². The van der Waals surface area contributed by atoms with E-state index >= 15 is 0 Å². The quantitative estimate of drug-likeness (QED) is 0.771. The van der Waals surface area contributed by atoms with Gasteiger partial charge in [-0.2, -0.15) is 0 Å². The molecule has 78 valence electrons. The number of hydrogen-bond acceptors (Lipinski definition) is 1. The number of para-hydroxylation sites is 1. The predicted molar refractivity (Wildman–Crippen MR) is 61.9 cm³/mol. The highest BCUT2D eigenvalue weighted by Crippen LogP contribution is 2.44. The molecule has 0 heterocycles. The van der Waals surface area contributed by atoms with Crippen LogP contribution < -0.4 is 0 Å². The van der Waals surface area contributed by atoms with Crippen LogP contribution in [-0.2, 0) is 0 Å². The smallest absolute Gasteiger partial charge is 0.193 e. The number of alkyl halides is 2. The summed E-state index contributed by atoms with van der Waals surface area (Å²) in [6, 6.07) is 6.78. The van der Waals surface area contributed by atoms with E-state index in [2.05, 4.69) is 15.9 Å². The molecule has 0 bridgehead atoms. The summed E-state index contributed by atoms with van der Waals surface area (Å²) in [4.78, 5) is 0. The lowest BCUT2D eigenvalue weighted by atomic mass is 9.90. The molecule has 0 saturated carbocycles. The first-order chi connectivity index (χ1) is 7.11. The Bertz CT molecular complexity index is 423. The highest BCUT2D eigenvalue weighted by Gasteiger charge is 2.35. The third-order valence-electron chi connectivity index (χ3n) is 2.42. The summed E-state index contributed by atoms with van der Waals surface area (Å²) >= 11 is 3.01. The molecule has 2 rings (SSSR count). The van der Waals surface area contributed by atoms with Crippen molar-refractivity contribution in [3.8, 4) is 5.75 Å². The Morgan fingerprint density at radius 2 is 2.00 bits per heavy atom. The Balaban J connectivity index is 2.44. The lowest BCUT2D eigenvalue weighted by Gasteiger charge is -2.26. The lowest BCUT2D eigenvalue weighted by Crippen LogP contribution is -2.22. The predicted octanol–water partition coefficient (Wildman–Crippen LogP) is 3.66. The summed E-state index contributed by atoms with van der Waals surface area (Å²) in [6.45, 7) is 0. The van der Waals surface area contributed by atoms with E-state index in [0.29, 0.717) is 5.56 Å². The maximum absolute atomic E-state index is 14.1. The van der Waals surface area contributed by atoms with Crippen molar-refractivity contribution in [2.45, 2.75) is 10.5 Å². The lowest BCUT2D eigenvalue weighted by molar-refractivity contribution is 0.329. The van der Waals surface area contributed by atoms with Crippen molar-refractivity contribution in [2.75, 3.05) is 0 Å². The van der Waals surface area contributed by atoms with Gasteiger partial charge in [0, 0.05) is 5.56 Å². The molecular formula is C12H10BrFO. The van der Waals surface area contributed by atoms with Gasteiger partial charge < -0.3 is 5.11 Å². The molecule has 0 amide bonds. The molecule has 1 N–H and O–H groups in total. The third kappa shape index (κ3) is 1.97. The summed E-state index contributed by atoms with van der Waals surface area (Å²) in [5, 5.41) is 9.65. The molecule has 2 unspecified atom stereocenters. The van der Waals surface area contributed by atoms with Gasteiger partial charge in [0.05, 0.1) is 5.92 Å². The highest BCUT2D eigenvalue weighted by molar-refractivity contribution is 9.10. The van der Waals surface area contributed by atoms with E-state index in [0.717, 1.165) is 0 Å². The number of rotatable bonds is 1. The molecule has 1 aromatic carbocycles. The van der Waals surface area contributed by atoms with Crippen LogP contribution in [0, 0.1) is 0 Å². The fourth-order valence-electron chi connectivity index (χ4n) is 1.65. The Labute approximate surface area is 96.1 Å². The second-order valence-corrected chi connectivity index (χ2v) is 4.67. The Kier molecular flexibility index (Phi) is 2.65. The van der Waals surface area contributed by atoms with Crippen molar-refractivity contribution in [1.82, 2.24) is 0 Å². The van der Waals surface area contributed by atoms with Crippen LogP contribution in [0.15, 0.2) is 48.6 Å². The molecular weight excluding hydrogens is 259 g/mol. The van der Waals surface area contributed by atoms with E-state index in [-0.39, 0.29) is 5.75 Å². The van der Waals surface area contributed by atoms with Crippen molar-refractivity contribution in [1.29, 1.82) is 0 Å². The molecule has 1 aliphatic carbocycles. The molecule has 0 saturated heterocycles. The molecule has 0 spiro atoms. The Morgan fingerprint density at radius 3 is 2.67 bits per heavy atom. The third-order valence-corrected chi connectivity index (χ3v) is 3.18. The van der Waals surface area contributed by atoms with E-state index in [1.807, 2.05) is 0 Å². The summed E-state index contributed by atoms with van der Waals surface area (Å²) < 4.78 is 12.4. The minimum absolute atomic E-state index is 0.115. The molecule has 0 aromatic heterocycles. The van der Waals surface area contributed by atoms with Crippen LogP contribution in [-0.4, -0.2) is 9.68 Å². The van der Waals surface area contributed by atoms with Crippen LogP contribution >= 0.6 is 15.9 Å². The van der Waals surface area contributed by atoms with Crippen molar-refractivity contribution in [3.05, 3.63) is 54.1 Å². The first-order valence-electron chi connectivity index (χ1n) is 4.63. The Hall–Kier alpha value is -1.09. The number of benzene rings is 1. The number of aromatic hydroxyl groups is 1. The monoisotopic (exact) mass is 268 g/mol. The van der Waals surface area contributed by atoms with Crippen LogP contribution in [0.3, 0.4) is 0 Å². The van der Waals surface area contributed by atoms with Crippen molar-refractivity contribution < 1.29 is 9.50 Å². The summed E-state index contributed by atoms with van der Waals surface area (Å²) in [7, 11) is 0. The van der Waals surface area contributed by atoms with Crippen LogP contribution in [0.25, 0.3) is 0 Å². The second-order valence-electron chi connectivity index (χ2n) is 3.46. The van der Waals surface area contributed by atoms with Crippen LogP contribution in [0.1, 0.15) is 11.5 Å². The molecule has 0 radical (unpaired) electrons. The summed E-state index contributed by atoms with van der Waals surface area (Å²) in [6.07, 6.45) is 6.58. The van der Waals surface area contributed by atoms with Gasteiger partial charge in [-0.05, 0) is 28.1 Å². The number of phenols is 1. The van der Waals surface area contributed by atoms with Gasteiger partial charge in [0.15, 0.2) is 4.58 Å². The first kappa shape index (κ1) is 10.4.